The molecule has 0 aliphatic rings. The van der Waals surface area contributed by atoms with Crippen LogP contribution in [0.5, 0.6) is 0 Å². The summed E-state index contributed by atoms with van der Waals surface area (Å²) in [6.45, 7) is 6.52. The number of nitrogens with zero attached hydrogens (tertiary/aromatic N) is 1. The van der Waals surface area contributed by atoms with Crippen LogP contribution >= 0.6 is 36.2 Å². The predicted octanol–water partition coefficient (Wildman–Crippen LogP) is 2.28. The van der Waals surface area contributed by atoms with E-state index in [0.717, 1.165) is 10.7 Å². The van der Waals surface area contributed by atoms with Crippen LogP contribution in [0, 0.1) is 12.8 Å². The van der Waals surface area contributed by atoms with Gasteiger partial charge in [-0.1, -0.05) is 13.8 Å². The molecule has 1 amide bonds. The molecule has 106 valence electrons. The SMILES string of the molecule is Cc1csc(CNC(=O)[C@@H](N)CC(C)C)n1.Cl.Cl. The maximum Gasteiger partial charge on any atom is 0.237 e. The number of nitrogens with one attached hydrogen (secondary N) is 1. The highest BCUT2D eigenvalue weighted by molar-refractivity contribution is 7.09. The zero-order chi connectivity index (χ0) is 12.1. The Morgan fingerprint density at radius 2 is 2.11 bits per heavy atom. The lowest BCUT2D eigenvalue weighted by molar-refractivity contribution is -0.122. The van der Waals surface area contributed by atoms with Crippen molar-refractivity contribution in [1.82, 2.24) is 10.3 Å². The fourth-order valence-electron chi connectivity index (χ4n) is 1.39. The Morgan fingerprint density at radius 3 is 2.56 bits per heavy atom. The van der Waals surface area contributed by atoms with Crippen LogP contribution in [0.1, 0.15) is 31.0 Å². The highest BCUT2D eigenvalue weighted by atomic mass is 35.5. The molecule has 3 N–H and O–H groups in total. The first-order valence-electron chi connectivity index (χ1n) is 5.43. The monoisotopic (exact) mass is 313 g/mol. The number of carbonyl (C=O) groups excluding carboxylic acids is 1. The molecular weight excluding hydrogens is 293 g/mol. The van der Waals surface area contributed by atoms with Gasteiger partial charge in [0.15, 0.2) is 0 Å². The third-order valence-electron chi connectivity index (χ3n) is 2.14. The van der Waals surface area contributed by atoms with Gasteiger partial charge in [-0.2, -0.15) is 0 Å². The normalized spacial score (nSPS) is 11.4. The summed E-state index contributed by atoms with van der Waals surface area (Å²) < 4.78 is 0. The summed E-state index contributed by atoms with van der Waals surface area (Å²) >= 11 is 1.55. The number of nitrogens with two attached hydrogens (primary N) is 1. The van der Waals surface area contributed by atoms with Gasteiger partial charge < -0.3 is 11.1 Å². The largest absolute Gasteiger partial charge is 0.348 e. The van der Waals surface area contributed by atoms with E-state index in [1.807, 2.05) is 12.3 Å². The molecule has 0 fully saturated rings. The van der Waals surface area contributed by atoms with E-state index in [4.69, 9.17) is 5.73 Å². The van der Waals surface area contributed by atoms with Crippen molar-refractivity contribution in [2.75, 3.05) is 0 Å². The molecule has 0 bridgehead atoms. The van der Waals surface area contributed by atoms with Crippen molar-refractivity contribution in [3.8, 4) is 0 Å². The molecule has 0 radical (unpaired) electrons. The Hall–Kier alpha value is -0.360. The topological polar surface area (TPSA) is 68.0 Å². The van der Waals surface area contributed by atoms with E-state index in [1.165, 1.54) is 0 Å². The molecule has 1 aromatic heterocycles. The standard InChI is InChI=1S/C11H19N3OS.2ClH/c1-7(2)4-9(12)11(15)13-5-10-14-8(3)6-16-10;;/h6-7,9H,4-5,12H2,1-3H3,(H,13,15);2*1H/t9-;;/m0../s1. The summed E-state index contributed by atoms with van der Waals surface area (Å²) in [6.07, 6.45) is 0.711. The second-order valence-electron chi connectivity index (χ2n) is 4.34. The molecule has 18 heavy (non-hydrogen) atoms. The van der Waals surface area contributed by atoms with Crippen molar-refractivity contribution in [1.29, 1.82) is 0 Å². The van der Waals surface area contributed by atoms with Gasteiger partial charge in [-0.05, 0) is 19.3 Å². The molecule has 0 saturated carbocycles. The first kappa shape index (κ1) is 20.0. The lowest BCUT2D eigenvalue weighted by atomic mass is 10.0. The first-order chi connectivity index (χ1) is 7.49. The van der Waals surface area contributed by atoms with E-state index in [1.54, 1.807) is 11.3 Å². The summed E-state index contributed by atoms with van der Waals surface area (Å²) in [5.41, 5.74) is 6.75. The van der Waals surface area contributed by atoms with Gasteiger partial charge in [0.25, 0.3) is 0 Å². The van der Waals surface area contributed by atoms with Crippen LogP contribution in [0.4, 0.5) is 0 Å². The van der Waals surface area contributed by atoms with Crippen LogP contribution in [0.25, 0.3) is 0 Å². The summed E-state index contributed by atoms with van der Waals surface area (Å²) in [6, 6.07) is -0.416. The number of amides is 1. The number of carbonyl (C=O) groups is 1. The number of aryl methyl sites for hydroxylation is 1. The van der Waals surface area contributed by atoms with E-state index < -0.39 is 6.04 Å². The zero-order valence-electron chi connectivity index (χ0n) is 10.8. The minimum atomic E-state index is -0.416. The number of hydrogen-bond donors (Lipinski definition) is 2. The Bertz CT molecular complexity index is 358. The predicted molar refractivity (Wildman–Crippen MR) is 80.6 cm³/mol. The highest BCUT2D eigenvalue weighted by Gasteiger charge is 2.14. The number of hydrogen-bond acceptors (Lipinski definition) is 4. The minimum absolute atomic E-state index is 0. The number of thiazole rings is 1. The molecule has 0 aromatic carbocycles. The average molecular weight is 314 g/mol. The number of halogens is 2. The molecule has 0 unspecified atom stereocenters. The number of aromatic nitrogens is 1. The fourth-order valence-corrected chi connectivity index (χ4v) is 2.10. The van der Waals surface area contributed by atoms with Crippen molar-refractivity contribution in [3.05, 3.63) is 16.1 Å². The molecule has 1 rings (SSSR count). The smallest absolute Gasteiger partial charge is 0.237 e. The van der Waals surface area contributed by atoms with Crippen LogP contribution in [-0.2, 0) is 11.3 Å². The summed E-state index contributed by atoms with van der Waals surface area (Å²) in [5, 5.41) is 5.69. The lowest BCUT2D eigenvalue weighted by Crippen LogP contribution is -2.40. The lowest BCUT2D eigenvalue weighted by Gasteiger charge is -2.13. The van der Waals surface area contributed by atoms with Crippen LogP contribution in [-0.4, -0.2) is 16.9 Å². The van der Waals surface area contributed by atoms with Gasteiger partial charge in [0.1, 0.15) is 5.01 Å². The average Bonchev–Trinajstić information content (AvgIpc) is 2.59. The summed E-state index contributed by atoms with van der Waals surface area (Å²) in [5.74, 6) is 0.337. The van der Waals surface area contributed by atoms with E-state index >= 15 is 0 Å². The quantitative estimate of drug-likeness (QED) is 0.876. The van der Waals surface area contributed by atoms with Gasteiger partial charge >= 0.3 is 0 Å². The maximum absolute atomic E-state index is 11.6. The van der Waals surface area contributed by atoms with Crippen LogP contribution in [0.3, 0.4) is 0 Å². The second-order valence-corrected chi connectivity index (χ2v) is 5.28. The van der Waals surface area contributed by atoms with Gasteiger partial charge in [-0.15, -0.1) is 36.2 Å². The zero-order valence-corrected chi connectivity index (χ0v) is 13.3. The van der Waals surface area contributed by atoms with Crippen LogP contribution in [0.15, 0.2) is 5.38 Å². The van der Waals surface area contributed by atoms with Crippen molar-refractivity contribution < 1.29 is 4.79 Å². The van der Waals surface area contributed by atoms with Crippen molar-refractivity contribution >= 4 is 42.1 Å². The van der Waals surface area contributed by atoms with Crippen molar-refractivity contribution in [3.63, 3.8) is 0 Å². The molecule has 1 heterocycles. The highest BCUT2D eigenvalue weighted by Crippen LogP contribution is 2.08. The Balaban J connectivity index is 0. The van der Waals surface area contributed by atoms with Crippen molar-refractivity contribution in [2.45, 2.75) is 39.8 Å². The van der Waals surface area contributed by atoms with Gasteiger partial charge in [0, 0.05) is 11.1 Å². The van der Waals surface area contributed by atoms with Gasteiger partial charge in [0.05, 0.1) is 12.6 Å². The Kier molecular flexibility index (Phi) is 10.6. The van der Waals surface area contributed by atoms with Gasteiger partial charge in [-0.3, -0.25) is 4.79 Å². The van der Waals surface area contributed by atoms with E-state index in [-0.39, 0.29) is 30.7 Å². The Labute approximate surface area is 125 Å². The Morgan fingerprint density at radius 1 is 1.50 bits per heavy atom. The van der Waals surface area contributed by atoms with E-state index in [2.05, 4.69) is 24.1 Å². The second kappa shape index (κ2) is 9.55. The summed E-state index contributed by atoms with van der Waals surface area (Å²) in [4.78, 5) is 15.9. The molecule has 1 atom stereocenters. The molecule has 0 spiro atoms. The van der Waals surface area contributed by atoms with E-state index in [0.29, 0.717) is 18.9 Å². The molecule has 7 heteroatoms. The third kappa shape index (κ3) is 7.16. The fraction of sp³-hybridized carbons (Fsp3) is 0.636. The molecule has 0 aliphatic carbocycles. The molecule has 4 nitrogen and oxygen atoms in total. The number of rotatable bonds is 5. The maximum atomic E-state index is 11.6. The van der Waals surface area contributed by atoms with Crippen molar-refractivity contribution in [2.24, 2.45) is 11.7 Å². The van der Waals surface area contributed by atoms with E-state index in [9.17, 15) is 4.79 Å². The molecule has 1 aromatic rings. The minimum Gasteiger partial charge on any atom is -0.348 e. The van der Waals surface area contributed by atoms with Gasteiger partial charge in [0.2, 0.25) is 5.91 Å². The molecular formula is C11H21Cl2N3OS. The third-order valence-corrected chi connectivity index (χ3v) is 3.11. The van der Waals surface area contributed by atoms with Crippen LogP contribution in [0.2, 0.25) is 0 Å². The molecule has 0 saturated heterocycles. The van der Waals surface area contributed by atoms with Gasteiger partial charge in [-0.25, -0.2) is 4.98 Å². The summed E-state index contributed by atoms with van der Waals surface area (Å²) in [7, 11) is 0. The first-order valence-corrected chi connectivity index (χ1v) is 6.31. The van der Waals surface area contributed by atoms with Crippen LogP contribution < -0.4 is 11.1 Å². The molecule has 0 aliphatic heterocycles.